The Balaban J connectivity index is 0.000000598. The Morgan fingerprint density at radius 2 is 1.77 bits per heavy atom. The van der Waals surface area contributed by atoms with Gasteiger partial charge in [-0.1, -0.05) is 44.0 Å². The Labute approximate surface area is 221 Å². The van der Waals surface area contributed by atoms with E-state index in [1.54, 1.807) is 12.1 Å². The first-order valence-corrected chi connectivity index (χ1v) is 13.4. The van der Waals surface area contributed by atoms with Crippen LogP contribution in [0.5, 0.6) is 5.75 Å². The van der Waals surface area contributed by atoms with Gasteiger partial charge in [0.2, 0.25) is 0 Å². The third-order valence-electron chi connectivity index (χ3n) is 5.68. The van der Waals surface area contributed by atoms with Crippen LogP contribution in [0.1, 0.15) is 82.7 Å². The van der Waals surface area contributed by atoms with Crippen molar-refractivity contribution in [3.8, 4) is 11.8 Å². The van der Waals surface area contributed by atoms with Crippen molar-refractivity contribution in [2.75, 3.05) is 6.38 Å². The van der Waals surface area contributed by atoms with E-state index in [0.717, 1.165) is 54.7 Å². The monoisotopic (exact) mass is 515 g/mol. The number of imidazole rings is 1. The maximum absolute atomic E-state index is 8.95. The van der Waals surface area contributed by atoms with Gasteiger partial charge >= 0.3 is 0 Å². The first-order chi connectivity index (χ1) is 16.9. The van der Waals surface area contributed by atoms with Gasteiger partial charge < -0.3 is 9.72 Å². The molecule has 190 valence electrons. The van der Waals surface area contributed by atoms with Crippen LogP contribution in [0.2, 0.25) is 5.02 Å². The molecular weight excluding hydrogens is 477 g/mol. The number of fused-ring (bicyclic) bond motifs is 1. The van der Waals surface area contributed by atoms with E-state index in [9.17, 15) is 0 Å². The van der Waals surface area contributed by atoms with E-state index in [1.807, 2.05) is 26.8 Å². The summed E-state index contributed by atoms with van der Waals surface area (Å²) >= 11 is 10.7. The largest absolute Gasteiger partial charge is 0.490 e. The average molecular weight is 517 g/mol. The average Bonchev–Trinajstić information content (AvgIpc) is 3.30. The van der Waals surface area contributed by atoms with Gasteiger partial charge in [0.15, 0.2) is 0 Å². The molecule has 1 aliphatic rings. The highest BCUT2D eigenvalue weighted by atomic mass is 35.5. The van der Waals surface area contributed by atoms with Gasteiger partial charge in [-0.3, -0.25) is 0 Å². The number of H-pyrrole nitrogens is 1. The molecule has 1 N–H and O–H groups in total. The molecule has 6 heteroatoms. The van der Waals surface area contributed by atoms with Crippen LogP contribution >= 0.6 is 23.2 Å². The number of aromatic amines is 1. The Morgan fingerprint density at radius 1 is 1.14 bits per heavy atom. The first kappa shape index (κ1) is 30.6. The van der Waals surface area contributed by atoms with Gasteiger partial charge in [-0.2, -0.15) is 5.26 Å². The molecule has 1 fully saturated rings. The van der Waals surface area contributed by atoms with Crippen molar-refractivity contribution in [3.05, 3.63) is 70.5 Å². The number of nitrogens with zero attached hydrogens (tertiary/aromatic N) is 2. The van der Waals surface area contributed by atoms with Crippen LogP contribution in [0.15, 0.2) is 48.6 Å². The molecule has 0 spiro atoms. The van der Waals surface area contributed by atoms with Crippen molar-refractivity contribution < 1.29 is 4.74 Å². The van der Waals surface area contributed by atoms with Crippen LogP contribution < -0.4 is 4.74 Å². The number of rotatable bonds is 4. The predicted molar refractivity (Wildman–Crippen MR) is 151 cm³/mol. The predicted octanol–water partition coefficient (Wildman–Crippen LogP) is 9.36. The van der Waals surface area contributed by atoms with E-state index in [1.165, 1.54) is 17.5 Å². The lowest BCUT2D eigenvalue weighted by molar-refractivity contribution is 0.145. The maximum atomic E-state index is 8.95. The molecule has 2 aromatic carbocycles. The standard InChI is InChI=1S/C21H20ClN3O.C5H10.C2H6.CH3Cl/c1-13-2-9-19-20(10-13)25-21(24-19)14-3-6-16(7-4-14)26-17-8-5-15(12-23)18(22)11-17;1-4-5(2)3;2*1-2/h2,5,8-11,14,16H,3-4,6-7H2,1H3,(H,24,25);2,4H2,1,3H3;1-2H3;1H3. The summed E-state index contributed by atoms with van der Waals surface area (Å²) in [6, 6.07) is 13.6. The Hall–Kier alpha value is -2.48. The Kier molecular flexibility index (Phi) is 14.2. The number of hydrogen-bond donors (Lipinski definition) is 1. The van der Waals surface area contributed by atoms with E-state index < -0.39 is 0 Å². The van der Waals surface area contributed by atoms with E-state index >= 15 is 0 Å². The number of ether oxygens (including phenoxy) is 1. The van der Waals surface area contributed by atoms with Crippen LogP contribution in [0.3, 0.4) is 0 Å². The summed E-state index contributed by atoms with van der Waals surface area (Å²) in [5.41, 5.74) is 5.13. The number of nitrogens with one attached hydrogen (secondary N) is 1. The van der Waals surface area contributed by atoms with Crippen molar-refractivity contribution >= 4 is 34.2 Å². The summed E-state index contributed by atoms with van der Waals surface area (Å²) < 4.78 is 6.07. The SMILES string of the molecule is C=C(C)CC.CC.CCl.Cc1ccc2nc(C3CCC(Oc4ccc(C#N)c(Cl)c4)CC3)[nH]c2c1. The second kappa shape index (κ2) is 16.2. The molecule has 1 aromatic heterocycles. The lowest BCUT2D eigenvalue weighted by Gasteiger charge is -2.28. The zero-order valence-electron chi connectivity index (χ0n) is 21.9. The molecule has 4 rings (SSSR count). The number of hydrogen-bond acceptors (Lipinski definition) is 3. The molecule has 0 bridgehead atoms. The zero-order chi connectivity index (χ0) is 26.4. The molecule has 4 nitrogen and oxygen atoms in total. The van der Waals surface area contributed by atoms with Gasteiger partial charge in [-0.05, 0) is 75.8 Å². The fourth-order valence-corrected chi connectivity index (χ4v) is 3.86. The topological polar surface area (TPSA) is 61.7 Å². The maximum Gasteiger partial charge on any atom is 0.121 e. The second-order valence-electron chi connectivity index (χ2n) is 8.30. The number of halogens is 2. The molecule has 1 saturated carbocycles. The molecule has 0 amide bonds. The molecule has 0 unspecified atom stereocenters. The summed E-state index contributed by atoms with van der Waals surface area (Å²) in [7, 11) is 0. The first-order valence-electron chi connectivity index (χ1n) is 12.2. The van der Waals surface area contributed by atoms with Crippen molar-refractivity contribution in [2.45, 2.75) is 78.7 Å². The van der Waals surface area contributed by atoms with Crippen LogP contribution in [0.25, 0.3) is 11.0 Å². The Morgan fingerprint density at radius 3 is 2.31 bits per heavy atom. The minimum atomic E-state index is 0.182. The minimum Gasteiger partial charge on any atom is -0.490 e. The lowest BCUT2D eigenvalue weighted by atomic mass is 9.87. The van der Waals surface area contributed by atoms with Crippen molar-refractivity contribution in [1.82, 2.24) is 9.97 Å². The van der Waals surface area contributed by atoms with Crippen LogP contribution in [0, 0.1) is 18.3 Å². The number of nitriles is 1. The number of aryl methyl sites for hydroxylation is 1. The minimum absolute atomic E-state index is 0.182. The van der Waals surface area contributed by atoms with Crippen LogP contribution in [-0.2, 0) is 0 Å². The molecule has 0 aliphatic heterocycles. The van der Waals surface area contributed by atoms with Crippen molar-refractivity contribution in [1.29, 1.82) is 5.26 Å². The van der Waals surface area contributed by atoms with Crippen molar-refractivity contribution in [2.24, 2.45) is 0 Å². The quantitative estimate of drug-likeness (QED) is 0.278. The zero-order valence-corrected chi connectivity index (χ0v) is 23.4. The van der Waals surface area contributed by atoms with Gasteiger partial charge in [-0.15, -0.1) is 18.2 Å². The second-order valence-corrected chi connectivity index (χ2v) is 8.71. The fraction of sp³-hybridized carbons (Fsp3) is 0.448. The summed E-state index contributed by atoms with van der Waals surface area (Å²) in [6.45, 7) is 13.9. The summed E-state index contributed by atoms with van der Waals surface area (Å²) in [5, 5.41) is 9.39. The number of aromatic nitrogens is 2. The normalized spacial score (nSPS) is 16.3. The third kappa shape index (κ3) is 9.59. The summed E-state index contributed by atoms with van der Waals surface area (Å²) in [6.07, 6.45) is 6.83. The molecule has 3 aromatic rings. The number of allylic oxidation sites excluding steroid dienone is 1. The molecule has 1 aliphatic carbocycles. The van der Waals surface area contributed by atoms with Gasteiger partial charge in [-0.25, -0.2) is 4.98 Å². The van der Waals surface area contributed by atoms with Gasteiger partial charge in [0, 0.05) is 18.4 Å². The van der Waals surface area contributed by atoms with Gasteiger partial charge in [0.05, 0.1) is 27.7 Å². The van der Waals surface area contributed by atoms with E-state index in [2.05, 4.69) is 61.3 Å². The van der Waals surface area contributed by atoms with E-state index in [0.29, 0.717) is 16.5 Å². The van der Waals surface area contributed by atoms with E-state index in [4.69, 9.17) is 26.6 Å². The molecular formula is C29H39Cl2N3O. The summed E-state index contributed by atoms with van der Waals surface area (Å²) in [5.74, 6) is 2.27. The summed E-state index contributed by atoms with van der Waals surface area (Å²) in [4.78, 5) is 8.26. The van der Waals surface area contributed by atoms with Crippen molar-refractivity contribution in [3.63, 3.8) is 0 Å². The highest BCUT2D eigenvalue weighted by Crippen LogP contribution is 2.34. The smallest absolute Gasteiger partial charge is 0.121 e. The highest BCUT2D eigenvalue weighted by molar-refractivity contribution is 6.31. The Bertz CT molecular complexity index is 1090. The van der Waals surface area contributed by atoms with E-state index in [-0.39, 0.29) is 6.10 Å². The fourth-order valence-electron chi connectivity index (χ4n) is 3.64. The third-order valence-corrected chi connectivity index (χ3v) is 6.00. The highest BCUT2D eigenvalue weighted by Gasteiger charge is 2.25. The molecule has 0 saturated heterocycles. The molecule has 35 heavy (non-hydrogen) atoms. The van der Waals surface area contributed by atoms with Crippen LogP contribution in [0.4, 0.5) is 0 Å². The molecule has 0 radical (unpaired) electrons. The lowest BCUT2D eigenvalue weighted by Crippen LogP contribution is -2.23. The number of benzene rings is 2. The molecule has 1 heterocycles. The van der Waals surface area contributed by atoms with Gasteiger partial charge in [0.1, 0.15) is 17.6 Å². The number of alkyl halides is 1. The molecule has 0 atom stereocenters. The van der Waals surface area contributed by atoms with Crippen LogP contribution in [-0.4, -0.2) is 22.5 Å². The van der Waals surface area contributed by atoms with Gasteiger partial charge in [0.25, 0.3) is 0 Å².